The third-order valence-electron chi connectivity index (χ3n) is 9.65. The maximum absolute atomic E-state index is 14.9. The van der Waals surface area contributed by atoms with Gasteiger partial charge in [-0.2, -0.15) is 25.6 Å². The molecule has 2 aliphatic rings. The molecule has 2 aliphatic heterocycles. The number of hydrogen-bond acceptors (Lipinski definition) is 7. The lowest BCUT2D eigenvalue weighted by Gasteiger charge is -2.38. The summed E-state index contributed by atoms with van der Waals surface area (Å²) in [7, 11) is -3.99. The first-order chi connectivity index (χ1) is 24.5. The largest absolute Gasteiger partial charge is 0.445 e. The van der Waals surface area contributed by atoms with Crippen molar-refractivity contribution in [3.63, 3.8) is 0 Å². The van der Waals surface area contributed by atoms with E-state index in [4.69, 9.17) is 27.9 Å². The van der Waals surface area contributed by atoms with Crippen LogP contribution >= 0.6 is 35.0 Å². The molecule has 9 nitrogen and oxygen atoms in total. The minimum absolute atomic E-state index is 0.00297. The van der Waals surface area contributed by atoms with Crippen LogP contribution in [0.4, 0.5) is 10.5 Å². The zero-order chi connectivity index (χ0) is 36.1. The van der Waals surface area contributed by atoms with E-state index in [2.05, 4.69) is 10.7 Å². The van der Waals surface area contributed by atoms with Crippen LogP contribution in [0.3, 0.4) is 0 Å². The van der Waals surface area contributed by atoms with Crippen molar-refractivity contribution in [2.75, 3.05) is 31.6 Å². The molecule has 2 heterocycles. The molecule has 1 spiro atoms. The van der Waals surface area contributed by atoms with Crippen molar-refractivity contribution < 1.29 is 22.7 Å². The quantitative estimate of drug-likeness (QED) is 0.149. The number of nitrogens with zero attached hydrogens (tertiary/aromatic N) is 2. The Morgan fingerprint density at radius 1 is 0.902 bits per heavy atom. The third kappa shape index (κ3) is 8.24. The number of halogens is 2. The fourth-order valence-electron chi connectivity index (χ4n) is 7.01. The summed E-state index contributed by atoms with van der Waals surface area (Å²) in [6.07, 6.45) is 1.92. The van der Waals surface area contributed by atoms with E-state index in [9.17, 15) is 18.0 Å². The Hall–Kier alpha value is -3.58. The fourth-order valence-corrected chi connectivity index (χ4v) is 9.67. The van der Waals surface area contributed by atoms with Gasteiger partial charge >= 0.3 is 16.1 Å². The van der Waals surface area contributed by atoms with Gasteiger partial charge in [0.15, 0.2) is 5.69 Å². The monoisotopic (exact) mass is 767 g/mol. The van der Waals surface area contributed by atoms with E-state index in [0.717, 1.165) is 54.4 Å². The van der Waals surface area contributed by atoms with Crippen molar-refractivity contribution in [1.82, 2.24) is 19.6 Å². The van der Waals surface area contributed by atoms with Gasteiger partial charge in [0.05, 0.1) is 21.7 Å². The lowest BCUT2D eigenvalue weighted by atomic mass is 9.75. The molecule has 0 bridgehead atoms. The predicted molar refractivity (Wildman–Crippen MR) is 205 cm³/mol. The zero-order valence-electron chi connectivity index (χ0n) is 28.3. The number of para-hydroxylation sites is 1. The van der Waals surface area contributed by atoms with E-state index in [1.54, 1.807) is 24.3 Å². The molecule has 51 heavy (non-hydrogen) atoms. The first kappa shape index (κ1) is 37.2. The summed E-state index contributed by atoms with van der Waals surface area (Å²) >= 11 is 13.9. The highest BCUT2D eigenvalue weighted by Gasteiger charge is 2.60. The van der Waals surface area contributed by atoms with Gasteiger partial charge in [0.25, 0.3) is 5.91 Å². The maximum atomic E-state index is 14.9. The van der Waals surface area contributed by atoms with Gasteiger partial charge in [0.1, 0.15) is 19.2 Å². The summed E-state index contributed by atoms with van der Waals surface area (Å²) in [5, 5.41) is 4.24. The van der Waals surface area contributed by atoms with Gasteiger partial charge in [0.2, 0.25) is 0 Å². The molecule has 13 heteroatoms. The van der Waals surface area contributed by atoms with Crippen LogP contribution in [0.15, 0.2) is 103 Å². The smallest absolute Gasteiger partial charge is 0.411 e. The molecule has 4 aromatic carbocycles. The van der Waals surface area contributed by atoms with Crippen LogP contribution < -0.4 is 14.7 Å². The number of carbonyl (C=O) groups is 2. The SMILES string of the molecule is CS(=O)(=O)[N+]1(NC(=O)C(CSCc2ccc(Cl)c(Cl)c2)N(Cc2ccccc2)C(=O)OCc2ccccc2)CC2(CCNCC2)c2ccccc21. The minimum atomic E-state index is -3.99. The van der Waals surface area contributed by atoms with Crippen molar-refractivity contribution in [3.8, 4) is 0 Å². The van der Waals surface area contributed by atoms with Gasteiger partial charge in [-0.3, -0.25) is 9.69 Å². The Labute approximate surface area is 313 Å². The summed E-state index contributed by atoms with van der Waals surface area (Å²) in [5.41, 5.74) is 6.47. The Morgan fingerprint density at radius 2 is 1.55 bits per heavy atom. The van der Waals surface area contributed by atoms with Crippen molar-refractivity contribution in [1.29, 1.82) is 0 Å². The van der Waals surface area contributed by atoms with Gasteiger partial charge in [-0.05, 0) is 54.8 Å². The van der Waals surface area contributed by atoms with Crippen molar-refractivity contribution >= 4 is 62.7 Å². The molecule has 2 atom stereocenters. The lowest BCUT2D eigenvalue weighted by molar-refractivity contribution is -0.128. The number of rotatable bonds is 12. The number of sulfonamides is 1. The average Bonchev–Trinajstić information content (AvgIpc) is 3.40. The summed E-state index contributed by atoms with van der Waals surface area (Å²) in [5.74, 6) is -0.000498. The number of benzene rings is 4. The molecule has 1 saturated heterocycles. The van der Waals surface area contributed by atoms with E-state index in [0.29, 0.717) is 21.5 Å². The molecule has 2 amide bonds. The molecular weight excluding hydrogens is 727 g/mol. The minimum Gasteiger partial charge on any atom is -0.445 e. The molecule has 0 saturated carbocycles. The van der Waals surface area contributed by atoms with Crippen LogP contribution in [0.5, 0.6) is 0 Å². The predicted octanol–water partition coefficient (Wildman–Crippen LogP) is 7.07. The highest BCUT2D eigenvalue weighted by molar-refractivity contribution is 7.98. The number of piperidine rings is 1. The maximum Gasteiger partial charge on any atom is 0.411 e. The molecule has 2 N–H and O–H groups in total. The van der Waals surface area contributed by atoms with Crippen LogP contribution in [0.2, 0.25) is 10.0 Å². The number of quaternary nitrogens is 1. The van der Waals surface area contributed by atoms with E-state index in [1.165, 1.54) is 16.7 Å². The Bertz CT molecular complexity index is 1960. The summed E-state index contributed by atoms with van der Waals surface area (Å²) in [4.78, 5) is 30.4. The van der Waals surface area contributed by atoms with Crippen LogP contribution in [-0.4, -0.2) is 63.0 Å². The van der Waals surface area contributed by atoms with E-state index >= 15 is 0 Å². The van der Waals surface area contributed by atoms with Gasteiger partial charge in [-0.15, -0.1) is 0 Å². The van der Waals surface area contributed by atoms with Crippen molar-refractivity contribution in [2.24, 2.45) is 0 Å². The number of fused-ring (bicyclic) bond motifs is 2. The first-order valence-electron chi connectivity index (χ1n) is 16.8. The molecule has 6 rings (SSSR count). The highest BCUT2D eigenvalue weighted by atomic mass is 35.5. The topological polar surface area (TPSA) is 105 Å². The summed E-state index contributed by atoms with van der Waals surface area (Å²) in [6.45, 7) is 1.68. The van der Waals surface area contributed by atoms with Crippen LogP contribution in [-0.2, 0) is 43.9 Å². The van der Waals surface area contributed by atoms with Crippen LogP contribution in [0, 0.1) is 0 Å². The van der Waals surface area contributed by atoms with Crippen molar-refractivity contribution in [3.05, 3.63) is 135 Å². The molecular formula is C38H41Cl2N4O5S2+. The number of nitrogens with one attached hydrogen (secondary N) is 2. The average molecular weight is 769 g/mol. The lowest BCUT2D eigenvalue weighted by Crippen LogP contribution is -2.68. The standard InChI is InChI=1S/C38H40Cl2N4O5S2/c1-51(47,48)44(27-38(18-20-41-21-19-38)31-14-8-9-15-35(31)44)42-36(45)34(26-50-25-30-16-17-32(39)33(40)22-30)43(23-28-10-4-2-5-11-28)37(46)49-24-29-12-6-3-7-13-29/h2-17,22,34,41H,18-21,23-27H2,1H3/p+1. The second-order valence-corrected chi connectivity index (χ2v) is 17.0. The highest BCUT2D eigenvalue weighted by Crippen LogP contribution is 2.50. The number of amides is 2. The Morgan fingerprint density at radius 3 is 2.22 bits per heavy atom. The molecule has 0 radical (unpaired) electrons. The van der Waals surface area contributed by atoms with Crippen LogP contribution in [0.1, 0.15) is 35.1 Å². The van der Waals surface area contributed by atoms with Gasteiger partial charge in [-0.1, -0.05) is 112 Å². The van der Waals surface area contributed by atoms with Gasteiger partial charge in [-0.25, -0.2) is 4.79 Å². The number of carbonyl (C=O) groups excluding carboxylic acids is 2. The van der Waals surface area contributed by atoms with Crippen molar-refractivity contribution in [2.45, 2.75) is 43.2 Å². The normalized spacial score (nSPS) is 18.5. The molecule has 2 unspecified atom stereocenters. The van der Waals surface area contributed by atoms with Gasteiger partial charge < -0.3 is 10.1 Å². The molecule has 4 aromatic rings. The summed E-state index contributed by atoms with van der Waals surface area (Å²) in [6, 6.07) is 30.4. The second kappa shape index (κ2) is 16.0. The second-order valence-electron chi connectivity index (χ2n) is 13.1. The molecule has 0 aromatic heterocycles. The first-order valence-corrected chi connectivity index (χ1v) is 20.5. The number of hydrogen-bond donors (Lipinski definition) is 2. The number of thioether (sulfide) groups is 1. The molecule has 268 valence electrons. The third-order valence-corrected chi connectivity index (χ3v) is 13.0. The Kier molecular flexibility index (Phi) is 11.6. The van der Waals surface area contributed by atoms with Crippen LogP contribution in [0.25, 0.3) is 0 Å². The van der Waals surface area contributed by atoms with E-state index in [-0.39, 0.29) is 25.4 Å². The van der Waals surface area contributed by atoms with E-state index in [1.807, 2.05) is 78.9 Å². The fraction of sp³-hybridized carbons (Fsp3) is 0.316. The van der Waals surface area contributed by atoms with Gasteiger partial charge in [0, 0.05) is 29.7 Å². The Balaban J connectivity index is 1.37. The zero-order valence-corrected chi connectivity index (χ0v) is 31.4. The molecule has 0 aliphatic carbocycles. The number of ether oxygens (including phenoxy) is 1. The summed E-state index contributed by atoms with van der Waals surface area (Å²) < 4.78 is 33.1. The van der Waals surface area contributed by atoms with E-state index < -0.39 is 37.5 Å². The molecule has 1 fully saturated rings.